The maximum Gasteiger partial charge on any atom is 0.410 e. The van der Waals surface area contributed by atoms with Crippen molar-refractivity contribution in [2.45, 2.75) is 26.9 Å². The van der Waals surface area contributed by atoms with Crippen molar-refractivity contribution in [1.82, 2.24) is 4.90 Å². The largest absolute Gasteiger partial charge is 0.443 e. The highest BCUT2D eigenvalue weighted by Gasteiger charge is 2.33. The van der Waals surface area contributed by atoms with Crippen molar-refractivity contribution >= 4 is 11.9 Å². The number of carbonyl (C=O) groups excluding carboxylic acids is 2. The highest BCUT2D eigenvalue weighted by atomic mass is 16.6. The number of carbonyl (C=O) groups is 2. The van der Waals surface area contributed by atoms with Crippen LogP contribution < -0.4 is 5.73 Å². The van der Waals surface area contributed by atoms with Crippen LogP contribution in [0.5, 0.6) is 0 Å². The first-order valence-electron chi connectivity index (χ1n) is 5.03. The minimum absolute atomic E-state index is 0.0251. The quantitative estimate of drug-likeness (QED) is 0.737. The number of ketones is 1. The average molecular weight is 214 g/mol. The second-order valence-electron chi connectivity index (χ2n) is 4.80. The van der Waals surface area contributed by atoms with E-state index in [0.29, 0.717) is 13.1 Å². The van der Waals surface area contributed by atoms with Crippen molar-refractivity contribution in [2.75, 3.05) is 19.6 Å². The molecule has 86 valence electrons. The molecule has 1 amide bonds. The van der Waals surface area contributed by atoms with Crippen LogP contribution in [0.4, 0.5) is 4.79 Å². The zero-order chi connectivity index (χ0) is 11.6. The van der Waals surface area contributed by atoms with Crippen LogP contribution in [0.1, 0.15) is 20.8 Å². The number of rotatable bonds is 3. The van der Waals surface area contributed by atoms with Gasteiger partial charge in [0.15, 0.2) is 5.78 Å². The molecule has 1 rings (SSSR count). The average Bonchev–Trinajstić information content (AvgIpc) is 2.45. The van der Waals surface area contributed by atoms with E-state index >= 15 is 0 Å². The van der Waals surface area contributed by atoms with Crippen LogP contribution in [-0.4, -0.2) is 42.5 Å². The molecule has 0 radical (unpaired) electrons. The first-order chi connectivity index (χ1) is 6.84. The number of amides is 1. The molecular formula is C10H18N2O3. The Hall–Kier alpha value is -1.10. The summed E-state index contributed by atoms with van der Waals surface area (Å²) < 4.78 is 4.95. The number of hydrogen-bond acceptors (Lipinski definition) is 4. The van der Waals surface area contributed by atoms with Crippen LogP contribution in [0.25, 0.3) is 0 Å². The molecule has 15 heavy (non-hydrogen) atoms. The lowest BCUT2D eigenvalue weighted by Gasteiger charge is -2.20. The van der Waals surface area contributed by atoms with Gasteiger partial charge in [0.1, 0.15) is 6.10 Å². The topological polar surface area (TPSA) is 72.6 Å². The smallest absolute Gasteiger partial charge is 0.410 e. The fourth-order valence-electron chi connectivity index (χ4n) is 1.24. The third kappa shape index (κ3) is 2.92. The number of cyclic esters (lactones) is 1. The second-order valence-corrected chi connectivity index (χ2v) is 4.80. The van der Waals surface area contributed by atoms with Gasteiger partial charge < -0.3 is 10.5 Å². The van der Waals surface area contributed by atoms with Crippen LogP contribution in [0.2, 0.25) is 0 Å². The number of ether oxygens (including phenoxy) is 1. The van der Waals surface area contributed by atoms with Crippen LogP contribution in [-0.2, 0) is 9.53 Å². The zero-order valence-corrected chi connectivity index (χ0v) is 9.45. The van der Waals surface area contributed by atoms with Crippen LogP contribution in [0, 0.1) is 5.41 Å². The molecule has 0 aromatic carbocycles. The van der Waals surface area contributed by atoms with Crippen LogP contribution in [0.3, 0.4) is 0 Å². The number of hydrogen-bond donors (Lipinski definition) is 1. The lowest BCUT2D eigenvalue weighted by Crippen LogP contribution is -2.37. The molecule has 1 heterocycles. The van der Waals surface area contributed by atoms with Crippen molar-refractivity contribution in [3.63, 3.8) is 0 Å². The van der Waals surface area contributed by atoms with Gasteiger partial charge in [-0.3, -0.25) is 9.69 Å². The molecule has 5 nitrogen and oxygen atoms in total. The van der Waals surface area contributed by atoms with Crippen molar-refractivity contribution in [3.05, 3.63) is 0 Å². The predicted molar refractivity (Wildman–Crippen MR) is 55.4 cm³/mol. The van der Waals surface area contributed by atoms with Crippen molar-refractivity contribution in [1.29, 1.82) is 0 Å². The Bertz CT molecular complexity index is 270. The molecule has 0 unspecified atom stereocenters. The van der Waals surface area contributed by atoms with E-state index in [9.17, 15) is 9.59 Å². The summed E-state index contributed by atoms with van der Waals surface area (Å²) in [5, 5.41) is 0. The molecule has 0 saturated carbocycles. The van der Waals surface area contributed by atoms with Gasteiger partial charge in [0.2, 0.25) is 0 Å². The Morgan fingerprint density at radius 3 is 2.60 bits per heavy atom. The SMILES string of the molecule is CC(C)(C)C(=O)CN1C[C@@H](CN)OC1=O. The maximum atomic E-state index is 11.7. The molecule has 0 bridgehead atoms. The Morgan fingerprint density at radius 1 is 1.60 bits per heavy atom. The first kappa shape index (κ1) is 12.0. The highest BCUT2D eigenvalue weighted by Crippen LogP contribution is 2.17. The highest BCUT2D eigenvalue weighted by molar-refractivity contribution is 5.88. The number of nitrogens with zero attached hydrogens (tertiary/aromatic N) is 1. The van der Waals surface area contributed by atoms with E-state index in [-0.39, 0.29) is 18.4 Å². The molecule has 1 aliphatic heterocycles. The van der Waals surface area contributed by atoms with Gasteiger partial charge in [-0.1, -0.05) is 20.8 Å². The summed E-state index contributed by atoms with van der Waals surface area (Å²) in [5.41, 5.74) is 4.96. The van der Waals surface area contributed by atoms with E-state index in [1.54, 1.807) is 0 Å². The molecule has 0 aliphatic carbocycles. The van der Waals surface area contributed by atoms with Gasteiger partial charge in [0.05, 0.1) is 13.1 Å². The van der Waals surface area contributed by atoms with Crippen LogP contribution >= 0.6 is 0 Å². The van der Waals surface area contributed by atoms with Crippen molar-refractivity contribution in [2.24, 2.45) is 11.1 Å². The Labute approximate surface area is 89.6 Å². The lowest BCUT2D eigenvalue weighted by atomic mass is 9.90. The molecule has 0 spiro atoms. The maximum absolute atomic E-state index is 11.7. The fraction of sp³-hybridized carbons (Fsp3) is 0.800. The van der Waals surface area contributed by atoms with Gasteiger partial charge in [0.25, 0.3) is 0 Å². The normalized spacial score (nSPS) is 21.7. The summed E-state index contributed by atoms with van der Waals surface area (Å²) in [5.74, 6) is 0.0251. The summed E-state index contributed by atoms with van der Waals surface area (Å²) in [4.78, 5) is 24.4. The van der Waals surface area contributed by atoms with E-state index in [0.717, 1.165) is 0 Å². The minimum Gasteiger partial charge on any atom is -0.443 e. The fourth-order valence-corrected chi connectivity index (χ4v) is 1.24. The van der Waals surface area contributed by atoms with E-state index < -0.39 is 11.5 Å². The van der Waals surface area contributed by atoms with Gasteiger partial charge in [-0.25, -0.2) is 4.79 Å². The number of nitrogens with two attached hydrogens (primary N) is 1. The summed E-state index contributed by atoms with van der Waals surface area (Å²) in [6.45, 7) is 6.31. The monoisotopic (exact) mass is 214 g/mol. The van der Waals surface area contributed by atoms with Crippen LogP contribution in [0.15, 0.2) is 0 Å². The molecule has 0 aromatic rings. The van der Waals surface area contributed by atoms with Gasteiger partial charge in [-0.2, -0.15) is 0 Å². The standard InChI is InChI=1S/C10H18N2O3/c1-10(2,3)8(13)6-12-5-7(4-11)15-9(12)14/h7H,4-6,11H2,1-3H3/t7-/m1/s1. The summed E-state index contributed by atoms with van der Waals surface area (Å²) >= 11 is 0. The summed E-state index contributed by atoms with van der Waals surface area (Å²) in [6.07, 6.45) is -0.715. The Morgan fingerprint density at radius 2 is 2.20 bits per heavy atom. The molecule has 2 N–H and O–H groups in total. The molecular weight excluding hydrogens is 196 g/mol. The van der Waals surface area contributed by atoms with Crippen molar-refractivity contribution in [3.8, 4) is 0 Å². The third-order valence-electron chi connectivity index (χ3n) is 2.38. The first-order valence-corrected chi connectivity index (χ1v) is 5.03. The molecule has 1 atom stereocenters. The van der Waals surface area contributed by atoms with Gasteiger partial charge in [-0.05, 0) is 0 Å². The molecule has 5 heteroatoms. The third-order valence-corrected chi connectivity index (χ3v) is 2.38. The number of Topliss-reactive ketones (excluding diaryl/α,β-unsaturated/α-hetero) is 1. The molecule has 1 saturated heterocycles. The van der Waals surface area contributed by atoms with Gasteiger partial charge in [0, 0.05) is 12.0 Å². The van der Waals surface area contributed by atoms with Gasteiger partial charge in [-0.15, -0.1) is 0 Å². The van der Waals surface area contributed by atoms with E-state index in [1.807, 2.05) is 20.8 Å². The molecule has 1 aliphatic rings. The van der Waals surface area contributed by atoms with E-state index in [2.05, 4.69) is 0 Å². The zero-order valence-electron chi connectivity index (χ0n) is 9.45. The molecule has 1 fully saturated rings. The second kappa shape index (κ2) is 4.18. The minimum atomic E-state index is -0.442. The summed E-state index contributed by atoms with van der Waals surface area (Å²) in [6, 6.07) is 0. The predicted octanol–water partition coefficient (Wildman–Crippen LogP) is 0.381. The Kier molecular flexibility index (Phi) is 3.34. The van der Waals surface area contributed by atoms with E-state index in [1.165, 1.54) is 4.90 Å². The van der Waals surface area contributed by atoms with Gasteiger partial charge >= 0.3 is 6.09 Å². The summed E-state index contributed by atoms with van der Waals surface area (Å²) in [7, 11) is 0. The van der Waals surface area contributed by atoms with Crippen molar-refractivity contribution < 1.29 is 14.3 Å². The van der Waals surface area contributed by atoms with E-state index in [4.69, 9.17) is 10.5 Å². The molecule has 0 aromatic heterocycles. The Balaban J connectivity index is 2.53. The lowest BCUT2D eigenvalue weighted by molar-refractivity contribution is -0.126.